The second-order valence-corrected chi connectivity index (χ2v) is 5.74. The molecule has 0 bridgehead atoms. The van der Waals surface area contributed by atoms with Crippen LogP contribution in [0.25, 0.3) is 0 Å². The molecule has 6 nitrogen and oxygen atoms in total. The van der Waals surface area contributed by atoms with Crippen molar-refractivity contribution in [2.75, 3.05) is 36.6 Å². The molecule has 0 fully saturated rings. The van der Waals surface area contributed by atoms with Crippen LogP contribution in [0.1, 0.15) is 46.0 Å². The highest BCUT2D eigenvalue weighted by Gasteiger charge is 2.05. The Morgan fingerprint density at radius 2 is 1.75 bits per heavy atom. The van der Waals surface area contributed by atoms with Gasteiger partial charge in [-0.25, -0.2) is 0 Å². The smallest absolute Gasteiger partial charge is 0.231 e. The van der Waals surface area contributed by atoms with Gasteiger partial charge in [0.1, 0.15) is 0 Å². The van der Waals surface area contributed by atoms with Crippen molar-refractivity contribution in [2.45, 2.75) is 46.0 Å². The van der Waals surface area contributed by atoms with Crippen LogP contribution >= 0.6 is 0 Å². The third-order valence-corrected chi connectivity index (χ3v) is 3.03. The number of hydrogen-bond acceptors (Lipinski definition) is 6. The molecule has 0 unspecified atom stereocenters. The summed E-state index contributed by atoms with van der Waals surface area (Å²) in [7, 11) is 3.76. The van der Waals surface area contributed by atoms with Gasteiger partial charge in [-0.15, -0.1) is 0 Å². The van der Waals surface area contributed by atoms with Crippen molar-refractivity contribution in [2.24, 2.45) is 5.92 Å². The zero-order chi connectivity index (χ0) is 15.0. The molecule has 0 aromatic carbocycles. The lowest BCUT2D eigenvalue weighted by atomic mass is 10.0. The van der Waals surface area contributed by atoms with Gasteiger partial charge in [-0.05, 0) is 12.3 Å². The van der Waals surface area contributed by atoms with Gasteiger partial charge in [-0.2, -0.15) is 15.0 Å². The average molecular weight is 280 g/mol. The monoisotopic (exact) mass is 280 g/mol. The fourth-order valence-corrected chi connectivity index (χ4v) is 1.89. The van der Waals surface area contributed by atoms with Crippen LogP contribution in [0.15, 0.2) is 0 Å². The Kier molecular flexibility index (Phi) is 7.04. The summed E-state index contributed by atoms with van der Waals surface area (Å²) in [6.07, 6.45) is 6.30. The van der Waals surface area contributed by atoms with E-state index in [1.54, 1.807) is 0 Å². The highest BCUT2D eigenvalue weighted by Crippen LogP contribution is 2.11. The van der Waals surface area contributed by atoms with Crippen LogP contribution in [-0.2, 0) is 0 Å². The van der Waals surface area contributed by atoms with Crippen LogP contribution < -0.4 is 16.0 Å². The third-order valence-electron chi connectivity index (χ3n) is 3.03. The van der Waals surface area contributed by atoms with Crippen molar-refractivity contribution in [3.05, 3.63) is 0 Å². The molecule has 0 spiro atoms. The van der Waals surface area contributed by atoms with E-state index in [0.717, 1.165) is 18.9 Å². The molecule has 1 rings (SSSR count). The zero-order valence-corrected chi connectivity index (χ0v) is 13.2. The van der Waals surface area contributed by atoms with Gasteiger partial charge in [0, 0.05) is 20.6 Å². The molecule has 1 aromatic heterocycles. The number of unbranched alkanes of at least 4 members (excludes halogenated alkanes) is 3. The summed E-state index contributed by atoms with van der Waals surface area (Å²) in [6, 6.07) is 0. The van der Waals surface area contributed by atoms with Gasteiger partial charge >= 0.3 is 0 Å². The standard InChI is InChI=1S/C14H28N6/c1-11(2)9-7-5-6-8-10-16-13-17-12(15)18-14(19-13)20(3)4/h11H,5-10H2,1-4H3,(H3,15,16,17,18,19). The number of rotatable bonds is 9. The normalized spacial score (nSPS) is 10.8. The van der Waals surface area contributed by atoms with Crippen molar-refractivity contribution < 1.29 is 0 Å². The summed E-state index contributed by atoms with van der Waals surface area (Å²) < 4.78 is 0. The van der Waals surface area contributed by atoms with E-state index in [-0.39, 0.29) is 5.95 Å². The van der Waals surface area contributed by atoms with Crippen LogP contribution in [0.2, 0.25) is 0 Å². The second-order valence-electron chi connectivity index (χ2n) is 5.74. The predicted octanol–water partition coefficient (Wildman–Crippen LogP) is 2.54. The summed E-state index contributed by atoms with van der Waals surface area (Å²) in [4.78, 5) is 14.3. The van der Waals surface area contributed by atoms with Gasteiger partial charge in [-0.3, -0.25) is 0 Å². The van der Waals surface area contributed by atoms with Gasteiger partial charge in [0.15, 0.2) is 0 Å². The topological polar surface area (TPSA) is 80.0 Å². The second kappa shape index (κ2) is 8.55. The van der Waals surface area contributed by atoms with E-state index >= 15 is 0 Å². The highest BCUT2D eigenvalue weighted by atomic mass is 15.3. The number of anilines is 3. The number of hydrogen-bond donors (Lipinski definition) is 2. The minimum Gasteiger partial charge on any atom is -0.368 e. The Hall–Kier alpha value is -1.59. The molecule has 1 aromatic rings. The predicted molar refractivity (Wildman–Crippen MR) is 85.0 cm³/mol. The molecular weight excluding hydrogens is 252 g/mol. The average Bonchev–Trinajstić information content (AvgIpc) is 2.36. The maximum atomic E-state index is 5.67. The van der Waals surface area contributed by atoms with E-state index in [1.165, 1.54) is 25.7 Å². The van der Waals surface area contributed by atoms with Crippen molar-refractivity contribution in [3.63, 3.8) is 0 Å². The number of nitrogens with one attached hydrogen (secondary N) is 1. The molecule has 0 saturated carbocycles. The molecule has 0 aliphatic heterocycles. The lowest BCUT2D eigenvalue weighted by Gasteiger charge is -2.12. The lowest BCUT2D eigenvalue weighted by Crippen LogP contribution is -2.16. The Labute approximate surface area is 122 Å². The van der Waals surface area contributed by atoms with E-state index in [2.05, 4.69) is 34.1 Å². The molecule has 20 heavy (non-hydrogen) atoms. The summed E-state index contributed by atoms with van der Waals surface area (Å²) in [5.41, 5.74) is 5.67. The molecule has 0 aliphatic carbocycles. The van der Waals surface area contributed by atoms with E-state index in [9.17, 15) is 0 Å². The zero-order valence-electron chi connectivity index (χ0n) is 13.2. The van der Waals surface area contributed by atoms with E-state index in [0.29, 0.717) is 11.9 Å². The first-order valence-corrected chi connectivity index (χ1v) is 7.41. The third kappa shape index (κ3) is 6.54. The van der Waals surface area contributed by atoms with E-state index in [4.69, 9.17) is 5.73 Å². The summed E-state index contributed by atoms with van der Waals surface area (Å²) in [6.45, 7) is 5.42. The van der Waals surface area contributed by atoms with Crippen LogP contribution in [0.3, 0.4) is 0 Å². The Morgan fingerprint density at radius 1 is 1.05 bits per heavy atom. The minimum atomic E-state index is 0.253. The Balaban J connectivity index is 2.25. The maximum absolute atomic E-state index is 5.67. The van der Waals surface area contributed by atoms with Gasteiger partial charge < -0.3 is 16.0 Å². The number of aromatic nitrogens is 3. The fraction of sp³-hybridized carbons (Fsp3) is 0.786. The fourth-order valence-electron chi connectivity index (χ4n) is 1.89. The van der Waals surface area contributed by atoms with Crippen molar-refractivity contribution in [3.8, 4) is 0 Å². The summed E-state index contributed by atoms with van der Waals surface area (Å²) in [5, 5.41) is 3.21. The quantitative estimate of drug-likeness (QED) is 0.677. The largest absolute Gasteiger partial charge is 0.368 e. The molecular formula is C14H28N6. The molecule has 1 heterocycles. The number of nitrogens with zero attached hydrogens (tertiary/aromatic N) is 4. The SMILES string of the molecule is CC(C)CCCCCCNc1nc(N)nc(N(C)C)n1. The van der Waals surface area contributed by atoms with E-state index in [1.807, 2.05) is 19.0 Å². The summed E-state index contributed by atoms with van der Waals surface area (Å²) >= 11 is 0. The summed E-state index contributed by atoms with van der Waals surface area (Å²) in [5.74, 6) is 2.20. The minimum absolute atomic E-state index is 0.253. The van der Waals surface area contributed by atoms with Gasteiger partial charge in [0.2, 0.25) is 17.8 Å². The lowest BCUT2D eigenvalue weighted by molar-refractivity contribution is 0.523. The molecule has 0 saturated heterocycles. The van der Waals surface area contributed by atoms with Gasteiger partial charge in [-0.1, -0.05) is 39.5 Å². The molecule has 6 heteroatoms. The Bertz CT molecular complexity index is 391. The first-order chi connectivity index (χ1) is 9.49. The van der Waals surface area contributed by atoms with Crippen molar-refractivity contribution >= 4 is 17.8 Å². The first-order valence-electron chi connectivity index (χ1n) is 7.41. The maximum Gasteiger partial charge on any atom is 0.231 e. The number of nitrogens with two attached hydrogens (primary N) is 1. The Morgan fingerprint density at radius 3 is 2.40 bits per heavy atom. The van der Waals surface area contributed by atoms with Crippen LogP contribution in [0, 0.1) is 5.92 Å². The molecule has 3 N–H and O–H groups in total. The van der Waals surface area contributed by atoms with E-state index < -0.39 is 0 Å². The molecule has 0 aliphatic rings. The van der Waals surface area contributed by atoms with Crippen LogP contribution in [-0.4, -0.2) is 35.6 Å². The van der Waals surface area contributed by atoms with Gasteiger partial charge in [0.05, 0.1) is 0 Å². The molecule has 114 valence electrons. The van der Waals surface area contributed by atoms with Gasteiger partial charge in [0.25, 0.3) is 0 Å². The first kappa shape index (κ1) is 16.5. The van der Waals surface area contributed by atoms with Crippen molar-refractivity contribution in [1.82, 2.24) is 15.0 Å². The molecule has 0 radical (unpaired) electrons. The van der Waals surface area contributed by atoms with Crippen molar-refractivity contribution in [1.29, 1.82) is 0 Å². The number of nitrogen functional groups attached to an aromatic ring is 1. The molecule has 0 amide bonds. The highest BCUT2D eigenvalue weighted by molar-refractivity contribution is 5.40. The van der Waals surface area contributed by atoms with Crippen LogP contribution in [0.4, 0.5) is 17.8 Å². The van der Waals surface area contributed by atoms with Crippen LogP contribution in [0.5, 0.6) is 0 Å². The molecule has 0 atom stereocenters.